The molecule has 0 aliphatic heterocycles. The number of hydrogen-bond acceptors (Lipinski definition) is 4. The number of thiazole rings is 1. The minimum Gasteiger partial charge on any atom is -0.352 e. The first kappa shape index (κ1) is 16.1. The van der Waals surface area contributed by atoms with Gasteiger partial charge in [0.1, 0.15) is 0 Å². The molecule has 0 fully saturated rings. The fourth-order valence-electron chi connectivity index (χ4n) is 1.85. The summed E-state index contributed by atoms with van der Waals surface area (Å²) in [6.07, 6.45) is 2.81. The lowest BCUT2D eigenvalue weighted by Crippen LogP contribution is -2.27. The standard InChI is InChI=1S/C15H18BrN3OS/c1-11-19-10-14(21-11)9-17-6-3-7-18-15(20)12-4-2-5-13(16)8-12/h2,4-5,8,10,17H,3,6-7,9H2,1H3,(H,18,20). The smallest absolute Gasteiger partial charge is 0.251 e. The van der Waals surface area contributed by atoms with Gasteiger partial charge in [0.2, 0.25) is 0 Å². The third-order valence-electron chi connectivity index (χ3n) is 2.87. The fraction of sp³-hybridized carbons (Fsp3) is 0.333. The zero-order chi connectivity index (χ0) is 15.1. The zero-order valence-corrected chi connectivity index (χ0v) is 14.3. The molecule has 0 atom stereocenters. The fourth-order valence-corrected chi connectivity index (χ4v) is 3.01. The largest absolute Gasteiger partial charge is 0.352 e. The molecule has 0 aliphatic rings. The van der Waals surface area contributed by atoms with E-state index in [2.05, 4.69) is 31.5 Å². The van der Waals surface area contributed by atoms with Crippen LogP contribution in [0.2, 0.25) is 0 Å². The van der Waals surface area contributed by atoms with E-state index in [1.165, 1.54) is 4.88 Å². The molecule has 2 aromatic rings. The first-order valence-corrected chi connectivity index (χ1v) is 8.42. The van der Waals surface area contributed by atoms with Crippen molar-refractivity contribution in [3.63, 3.8) is 0 Å². The number of rotatable bonds is 7. The van der Waals surface area contributed by atoms with Crippen LogP contribution >= 0.6 is 27.3 Å². The van der Waals surface area contributed by atoms with E-state index < -0.39 is 0 Å². The van der Waals surface area contributed by atoms with E-state index in [0.29, 0.717) is 12.1 Å². The maximum atomic E-state index is 11.9. The molecule has 4 nitrogen and oxygen atoms in total. The van der Waals surface area contributed by atoms with Crippen molar-refractivity contribution in [2.45, 2.75) is 19.9 Å². The van der Waals surface area contributed by atoms with Crippen LogP contribution in [0.4, 0.5) is 0 Å². The number of hydrogen-bond donors (Lipinski definition) is 2. The summed E-state index contributed by atoms with van der Waals surface area (Å²) in [5, 5.41) is 7.36. The number of nitrogens with one attached hydrogen (secondary N) is 2. The Morgan fingerprint density at radius 1 is 1.38 bits per heavy atom. The van der Waals surface area contributed by atoms with Crippen LogP contribution in [0.25, 0.3) is 0 Å². The van der Waals surface area contributed by atoms with Crippen LogP contribution in [0.15, 0.2) is 34.9 Å². The molecule has 0 unspecified atom stereocenters. The van der Waals surface area contributed by atoms with Crippen molar-refractivity contribution in [2.24, 2.45) is 0 Å². The molecule has 21 heavy (non-hydrogen) atoms. The highest BCUT2D eigenvalue weighted by Gasteiger charge is 2.04. The van der Waals surface area contributed by atoms with Crippen LogP contribution in [-0.2, 0) is 6.54 Å². The molecule has 1 aromatic heterocycles. The normalized spacial score (nSPS) is 10.6. The van der Waals surface area contributed by atoms with Crippen LogP contribution in [0.1, 0.15) is 26.7 Å². The summed E-state index contributed by atoms with van der Waals surface area (Å²) < 4.78 is 0.914. The van der Waals surface area contributed by atoms with E-state index in [9.17, 15) is 4.79 Å². The topological polar surface area (TPSA) is 54.0 Å². The van der Waals surface area contributed by atoms with Gasteiger partial charge in [0, 0.05) is 34.2 Å². The maximum Gasteiger partial charge on any atom is 0.251 e. The molecule has 0 aliphatic carbocycles. The van der Waals surface area contributed by atoms with Gasteiger partial charge in [-0.15, -0.1) is 11.3 Å². The van der Waals surface area contributed by atoms with Gasteiger partial charge in [0.05, 0.1) is 5.01 Å². The molecule has 1 aromatic carbocycles. The summed E-state index contributed by atoms with van der Waals surface area (Å²) in [5.41, 5.74) is 0.678. The number of halogens is 1. The van der Waals surface area contributed by atoms with Gasteiger partial charge in [-0.05, 0) is 38.1 Å². The van der Waals surface area contributed by atoms with Crippen LogP contribution in [0, 0.1) is 6.92 Å². The number of aromatic nitrogens is 1. The second-order valence-electron chi connectivity index (χ2n) is 4.64. The highest BCUT2D eigenvalue weighted by Crippen LogP contribution is 2.11. The number of amides is 1. The number of carbonyl (C=O) groups excluding carboxylic acids is 1. The summed E-state index contributed by atoms with van der Waals surface area (Å²) in [4.78, 5) is 17.3. The van der Waals surface area contributed by atoms with Gasteiger partial charge < -0.3 is 10.6 Å². The number of aryl methyl sites for hydroxylation is 1. The quantitative estimate of drug-likeness (QED) is 0.739. The average molecular weight is 368 g/mol. The Bertz CT molecular complexity index is 600. The van der Waals surface area contributed by atoms with Crippen LogP contribution in [-0.4, -0.2) is 24.0 Å². The van der Waals surface area contributed by atoms with Gasteiger partial charge in [-0.3, -0.25) is 4.79 Å². The lowest BCUT2D eigenvalue weighted by atomic mass is 10.2. The van der Waals surface area contributed by atoms with Crippen molar-refractivity contribution >= 4 is 33.2 Å². The Morgan fingerprint density at radius 2 is 2.24 bits per heavy atom. The average Bonchev–Trinajstić information content (AvgIpc) is 2.88. The minimum absolute atomic E-state index is 0.0330. The summed E-state index contributed by atoms with van der Waals surface area (Å²) in [6.45, 7) is 4.38. The van der Waals surface area contributed by atoms with Crippen LogP contribution in [0.5, 0.6) is 0 Å². The first-order chi connectivity index (χ1) is 10.1. The van der Waals surface area contributed by atoms with Crippen molar-refractivity contribution in [2.75, 3.05) is 13.1 Å². The van der Waals surface area contributed by atoms with Gasteiger partial charge in [0.25, 0.3) is 5.91 Å². The van der Waals surface area contributed by atoms with E-state index in [4.69, 9.17) is 0 Å². The summed E-state index contributed by atoms with van der Waals surface area (Å²) in [6, 6.07) is 7.39. The number of nitrogens with zero attached hydrogens (tertiary/aromatic N) is 1. The minimum atomic E-state index is -0.0330. The van der Waals surface area contributed by atoms with Crippen LogP contribution < -0.4 is 10.6 Å². The van der Waals surface area contributed by atoms with E-state index in [1.807, 2.05) is 37.4 Å². The Morgan fingerprint density at radius 3 is 2.95 bits per heavy atom. The predicted molar refractivity (Wildman–Crippen MR) is 89.6 cm³/mol. The Labute approximate surface area is 137 Å². The zero-order valence-electron chi connectivity index (χ0n) is 11.9. The molecule has 1 amide bonds. The highest BCUT2D eigenvalue weighted by atomic mass is 79.9. The third-order valence-corrected chi connectivity index (χ3v) is 4.28. The summed E-state index contributed by atoms with van der Waals surface area (Å²) in [5.74, 6) is -0.0330. The molecule has 112 valence electrons. The third kappa shape index (κ3) is 5.57. The molecular weight excluding hydrogens is 350 g/mol. The molecule has 0 saturated carbocycles. The SMILES string of the molecule is Cc1ncc(CNCCCNC(=O)c2cccc(Br)c2)s1. The van der Waals surface area contributed by atoms with E-state index in [0.717, 1.165) is 29.0 Å². The first-order valence-electron chi connectivity index (χ1n) is 6.81. The van der Waals surface area contributed by atoms with E-state index in [-0.39, 0.29) is 5.91 Å². The second-order valence-corrected chi connectivity index (χ2v) is 6.88. The Hall–Kier alpha value is -1.24. The monoisotopic (exact) mass is 367 g/mol. The molecule has 0 bridgehead atoms. The molecular formula is C15H18BrN3OS. The van der Waals surface area contributed by atoms with Gasteiger partial charge in [0.15, 0.2) is 0 Å². The van der Waals surface area contributed by atoms with Crippen molar-refractivity contribution in [1.82, 2.24) is 15.6 Å². The predicted octanol–water partition coefficient (Wildman–Crippen LogP) is 3.12. The Balaban J connectivity index is 1.60. The highest BCUT2D eigenvalue weighted by molar-refractivity contribution is 9.10. The van der Waals surface area contributed by atoms with Gasteiger partial charge in [-0.25, -0.2) is 4.98 Å². The summed E-state index contributed by atoms with van der Waals surface area (Å²) in [7, 11) is 0. The van der Waals surface area contributed by atoms with Crippen molar-refractivity contribution < 1.29 is 4.79 Å². The van der Waals surface area contributed by atoms with E-state index in [1.54, 1.807) is 11.3 Å². The van der Waals surface area contributed by atoms with Crippen molar-refractivity contribution in [3.05, 3.63) is 50.4 Å². The van der Waals surface area contributed by atoms with Crippen LogP contribution in [0.3, 0.4) is 0 Å². The second kappa shape index (κ2) is 8.26. The maximum absolute atomic E-state index is 11.9. The molecule has 2 rings (SSSR count). The number of benzene rings is 1. The van der Waals surface area contributed by atoms with Gasteiger partial charge >= 0.3 is 0 Å². The van der Waals surface area contributed by atoms with Gasteiger partial charge in [-0.2, -0.15) is 0 Å². The lowest BCUT2D eigenvalue weighted by molar-refractivity contribution is 0.0953. The summed E-state index contributed by atoms with van der Waals surface area (Å²) >= 11 is 5.07. The molecule has 0 radical (unpaired) electrons. The molecule has 1 heterocycles. The molecule has 0 saturated heterocycles. The molecule has 0 spiro atoms. The van der Waals surface area contributed by atoms with Gasteiger partial charge in [-0.1, -0.05) is 22.0 Å². The molecule has 2 N–H and O–H groups in total. The van der Waals surface area contributed by atoms with Crippen molar-refractivity contribution in [1.29, 1.82) is 0 Å². The van der Waals surface area contributed by atoms with Crippen molar-refractivity contribution in [3.8, 4) is 0 Å². The van der Waals surface area contributed by atoms with E-state index >= 15 is 0 Å². The number of carbonyl (C=O) groups is 1. The lowest BCUT2D eigenvalue weighted by Gasteiger charge is -2.06. The Kier molecular flexibility index (Phi) is 6.35. The molecule has 6 heteroatoms.